The first-order chi connectivity index (χ1) is 10.1. The number of nitrogens with one attached hydrogen (secondary N) is 1. The minimum atomic E-state index is 0.0441. The molecule has 0 heterocycles. The fourth-order valence-electron chi connectivity index (χ4n) is 2.42. The van der Waals surface area contributed by atoms with Gasteiger partial charge in [0.15, 0.2) is 0 Å². The van der Waals surface area contributed by atoms with Crippen molar-refractivity contribution in [1.29, 1.82) is 0 Å². The molecule has 0 spiro atoms. The van der Waals surface area contributed by atoms with E-state index in [2.05, 4.69) is 12.2 Å². The maximum Gasteiger partial charge on any atom is 0.220 e. The van der Waals surface area contributed by atoms with Crippen molar-refractivity contribution in [2.75, 3.05) is 5.73 Å². The summed E-state index contributed by atoms with van der Waals surface area (Å²) in [5.74, 6) is 0.146. The average Bonchev–Trinajstić information content (AvgIpc) is 2.47. The largest absolute Gasteiger partial charge is 0.399 e. The van der Waals surface area contributed by atoms with Crippen molar-refractivity contribution in [3.8, 4) is 0 Å². The van der Waals surface area contributed by atoms with Gasteiger partial charge in [-0.2, -0.15) is 0 Å². The van der Waals surface area contributed by atoms with Crippen LogP contribution in [0.5, 0.6) is 0 Å². The molecule has 3 nitrogen and oxygen atoms in total. The van der Waals surface area contributed by atoms with E-state index in [1.807, 2.05) is 31.2 Å². The molecule has 1 rings (SSSR count). The van der Waals surface area contributed by atoms with Gasteiger partial charge in [0.25, 0.3) is 0 Å². The fraction of sp³-hybridized carbons (Fsp3) is 0.611. The van der Waals surface area contributed by atoms with Gasteiger partial charge >= 0.3 is 0 Å². The lowest BCUT2D eigenvalue weighted by Crippen LogP contribution is -2.26. The van der Waals surface area contributed by atoms with Crippen LogP contribution in [0.3, 0.4) is 0 Å². The number of nitrogens with two attached hydrogens (primary N) is 1. The van der Waals surface area contributed by atoms with Crippen molar-refractivity contribution in [3.05, 3.63) is 29.8 Å². The van der Waals surface area contributed by atoms with Crippen LogP contribution < -0.4 is 11.1 Å². The van der Waals surface area contributed by atoms with Crippen molar-refractivity contribution >= 4 is 11.6 Å². The molecule has 1 aromatic carbocycles. The minimum Gasteiger partial charge on any atom is -0.399 e. The molecular formula is C18H30N2O. The van der Waals surface area contributed by atoms with Gasteiger partial charge in [-0.3, -0.25) is 4.79 Å². The molecule has 21 heavy (non-hydrogen) atoms. The second kappa shape index (κ2) is 10.3. The molecule has 3 heteroatoms. The van der Waals surface area contributed by atoms with Gasteiger partial charge in [-0.25, -0.2) is 0 Å². The number of amides is 1. The molecule has 1 atom stereocenters. The third-order valence-corrected chi connectivity index (χ3v) is 3.82. The number of nitrogen functional groups attached to an aromatic ring is 1. The lowest BCUT2D eigenvalue weighted by molar-refractivity contribution is -0.121. The monoisotopic (exact) mass is 290 g/mol. The quantitative estimate of drug-likeness (QED) is 0.489. The zero-order valence-electron chi connectivity index (χ0n) is 13.5. The van der Waals surface area contributed by atoms with E-state index < -0.39 is 0 Å². The molecular weight excluding hydrogens is 260 g/mol. The summed E-state index contributed by atoms with van der Waals surface area (Å²) in [4.78, 5) is 11.9. The minimum absolute atomic E-state index is 0.0441. The molecule has 0 saturated heterocycles. The number of carbonyl (C=O) groups excluding carboxylic acids is 1. The van der Waals surface area contributed by atoms with E-state index in [-0.39, 0.29) is 11.9 Å². The molecule has 118 valence electrons. The second-order valence-corrected chi connectivity index (χ2v) is 5.83. The van der Waals surface area contributed by atoms with E-state index >= 15 is 0 Å². The van der Waals surface area contributed by atoms with Crippen LogP contribution in [0.1, 0.15) is 76.8 Å². The lowest BCUT2D eigenvalue weighted by Gasteiger charge is -2.14. The molecule has 1 unspecified atom stereocenters. The fourth-order valence-corrected chi connectivity index (χ4v) is 2.42. The van der Waals surface area contributed by atoms with Gasteiger partial charge in [0, 0.05) is 12.1 Å². The highest BCUT2D eigenvalue weighted by Gasteiger charge is 2.08. The Bertz CT molecular complexity index is 400. The molecule has 0 aromatic heterocycles. The summed E-state index contributed by atoms with van der Waals surface area (Å²) in [6.45, 7) is 4.24. The Balaban J connectivity index is 2.14. The van der Waals surface area contributed by atoms with E-state index in [1.165, 1.54) is 32.1 Å². The number of hydrogen-bond donors (Lipinski definition) is 2. The molecule has 1 aromatic rings. The van der Waals surface area contributed by atoms with Crippen LogP contribution >= 0.6 is 0 Å². The highest BCUT2D eigenvalue weighted by Crippen LogP contribution is 2.15. The summed E-state index contributed by atoms with van der Waals surface area (Å²) >= 11 is 0. The Labute approximate surface area is 129 Å². The summed E-state index contributed by atoms with van der Waals surface area (Å²) in [5.41, 5.74) is 7.51. The first kappa shape index (κ1) is 17.5. The van der Waals surface area contributed by atoms with Gasteiger partial charge in [-0.15, -0.1) is 0 Å². The van der Waals surface area contributed by atoms with Crippen molar-refractivity contribution < 1.29 is 4.79 Å². The Hall–Kier alpha value is -1.51. The zero-order valence-corrected chi connectivity index (χ0v) is 13.5. The van der Waals surface area contributed by atoms with Gasteiger partial charge in [-0.1, -0.05) is 57.6 Å². The predicted octanol–water partition coefficient (Wildman–Crippen LogP) is 4.59. The van der Waals surface area contributed by atoms with Crippen LogP contribution in [0, 0.1) is 0 Å². The van der Waals surface area contributed by atoms with Gasteiger partial charge in [0.1, 0.15) is 0 Å². The topological polar surface area (TPSA) is 55.1 Å². The zero-order chi connectivity index (χ0) is 15.5. The summed E-state index contributed by atoms with van der Waals surface area (Å²) in [6.07, 6.45) is 9.28. The standard InChI is InChI=1S/C18H30N2O/c1-3-4-5-6-7-8-9-10-18(21)20-15(2)16-11-13-17(19)14-12-16/h11-15H,3-10,19H2,1-2H3,(H,20,21). The maximum absolute atomic E-state index is 11.9. The summed E-state index contributed by atoms with van der Waals surface area (Å²) < 4.78 is 0. The van der Waals surface area contributed by atoms with Gasteiger partial charge < -0.3 is 11.1 Å². The van der Waals surface area contributed by atoms with Crippen molar-refractivity contribution in [1.82, 2.24) is 5.32 Å². The highest BCUT2D eigenvalue weighted by atomic mass is 16.1. The summed E-state index contributed by atoms with van der Waals surface area (Å²) in [6, 6.07) is 7.72. The molecule has 1 amide bonds. The number of hydrogen-bond acceptors (Lipinski definition) is 2. The second-order valence-electron chi connectivity index (χ2n) is 5.83. The summed E-state index contributed by atoms with van der Waals surface area (Å²) in [5, 5.41) is 3.05. The smallest absolute Gasteiger partial charge is 0.220 e. The van der Waals surface area contributed by atoms with Gasteiger partial charge in [-0.05, 0) is 31.0 Å². The molecule has 0 saturated carbocycles. The van der Waals surface area contributed by atoms with Gasteiger partial charge in [0.05, 0.1) is 6.04 Å². The van der Waals surface area contributed by atoms with Crippen LogP contribution in [0.4, 0.5) is 5.69 Å². The molecule has 3 N–H and O–H groups in total. The highest BCUT2D eigenvalue weighted by molar-refractivity contribution is 5.76. The molecule has 0 aliphatic rings. The Morgan fingerprint density at radius 3 is 2.24 bits per heavy atom. The van der Waals surface area contributed by atoms with Crippen LogP contribution in [-0.2, 0) is 4.79 Å². The Morgan fingerprint density at radius 2 is 1.62 bits per heavy atom. The van der Waals surface area contributed by atoms with E-state index in [0.717, 1.165) is 24.1 Å². The molecule has 0 radical (unpaired) electrons. The molecule has 0 bridgehead atoms. The van der Waals surface area contributed by atoms with Crippen LogP contribution in [0.2, 0.25) is 0 Å². The van der Waals surface area contributed by atoms with Crippen LogP contribution in [0.25, 0.3) is 0 Å². The molecule has 0 fully saturated rings. The van der Waals surface area contributed by atoms with Crippen molar-refractivity contribution in [3.63, 3.8) is 0 Å². The number of rotatable bonds is 10. The van der Waals surface area contributed by atoms with Crippen LogP contribution in [0.15, 0.2) is 24.3 Å². The van der Waals surface area contributed by atoms with Gasteiger partial charge in [0.2, 0.25) is 5.91 Å². The normalized spacial score (nSPS) is 12.1. The molecule has 0 aliphatic heterocycles. The number of unbranched alkanes of at least 4 members (excludes halogenated alkanes) is 6. The summed E-state index contributed by atoms with van der Waals surface area (Å²) in [7, 11) is 0. The lowest BCUT2D eigenvalue weighted by atomic mass is 10.1. The van der Waals surface area contributed by atoms with E-state index in [4.69, 9.17) is 5.73 Å². The predicted molar refractivity (Wildman–Crippen MR) is 90.0 cm³/mol. The van der Waals surface area contributed by atoms with E-state index in [1.54, 1.807) is 0 Å². The number of benzene rings is 1. The number of carbonyl (C=O) groups is 1. The number of anilines is 1. The molecule has 0 aliphatic carbocycles. The van der Waals surface area contributed by atoms with E-state index in [0.29, 0.717) is 6.42 Å². The Morgan fingerprint density at radius 1 is 1.05 bits per heavy atom. The maximum atomic E-state index is 11.9. The third kappa shape index (κ3) is 7.74. The Kier molecular flexibility index (Phi) is 8.56. The van der Waals surface area contributed by atoms with E-state index in [9.17, 15) is 4.79 Å². The first-order valence-electron chi connectivity index (χ1n) is 8.28. The third-order valence-electron chi connectivity index (χ3n) is 3.82. The van der Waals surface area contributed by atoms with Crippen LogP contribution in [-0.4, -0.2) is 5.91 Å². The van der Waals surface area contributed by atoms with Crippen molar-refractivity contribution in [2.45, 2.75) is 71.3 Å². The average molecular weight is 290 g/mol. The first-order valence-corrected chi connectivity index (χ1v) is 8.28. The SMILES string of the molecule is CCCCCCCCCC(=O)NC(C)c1ccc(N)cc1. The van der Waals surface area contributed by atoms with Crippen molar-refractivity contribution in [2.24, 2.45) is 0 Å².